The molecule has 362 valence electrons. The molecular weight excluding hydrogens is 925 g/mol. The number of para-hydroxylation sites is 3. The van der Waals surface area contributed by atoms with Crippen LogP contribution in [0.5, 0.6) is 11.5 Å². The maximum Gasteiger partial charge on any atom is 0.137 e. The van der Waals surface area contributed by atoms with Crippen LogP contribution in [0.15, 0.2) is 237 Å². The minimum Gasteiger partial charge on any atom is -0.457 e. The predicted molar refractivity (Wildman–Crippen MR) is 316 cm³/mol. The number of hydrogen-bond acceptors (Lipinski definition) is 3. The molecule has 0 atom stereocenters. The molecule has 76 heavy (non-hydrogen) atoms. The van der Waals surface area contributed by atoms with Gasteiger partial charge < -0.3 is 15.0 Å². The molecule has 10 aromatic carbocycles. The average molecular weight is 977 g/mol. The van der Waals surface area contributed by atoms with E-state index in [0.717, 1.165) is 77.9 Å². The maximum atomic E-state index is 6.80. The molecule has 0 fully saturated rings. The lowest BCUT2D eigenvalue weighted by Crippen LogP contribution is -2.27. The Labute approximate surface area is 441 Å². The third kappa shape index (κ3) is 6.96. The van der Waals surface area contributed by atoms with Crippen molar-refractivity contribution in [2.75, 3.05) is 5.32 Å². The molecule has 16 rings (SSSR count). The number of H-pyrrole nitrogens is 1. The Morgan fingerprint density at radius 1 is 0.434 bits per heavy atom. The van der Waals surface area contributed by atoms with Crippen LogP contribution in [0.1, 0.15) is 71.6 Å². The van der Waals surface area contributed by atoms with Crippen LogP contribution in [-0.2, 0) is 5.41 Å². The Morgan fingerprint density at radius 3 is 1.68 bits per heavy atom. The number of nitrogens with one attached hydrogen (secondary N) is 2. The summed E-state index contributed by atoms with van der Waals surface area (Å²) in [4.78, 5) is 9.09. The van der Waals surface area contributed by atoms with Gasteiger partial charge in [0.1, 0.15) is 17.3 Å². The van der Waals surface area contributed by atoms with Crippen molar-refractivity contribution >= 4 is 76.5 Å². The second kappa shape index (κ2) is 17.1. The number of rotatable bonds is 6. The summed E-state index contributed by atoms with van der Waals surface area (Å²) in [6, 6.07) is 84.0. The van der Waals surface area contributed by atoms with Gasteiger partial charge in [-0.3, -0.25) is 4.57 Å². The van der Waals surface area contributed by atoms with Crippen molar-refractivity contribution in [3.05, 3.63) is 276 Å². The molecule has 0 unspecified atom stereocenters. The lowest BCUT2D eigenvalue weighted by molar-refractivity contribution is 0.483. The van der Waals surface area contributed by atoms with Gasteiger partial charge in [-0.25, -0.2) is 4.98 Å². The summed E-state index contributed by atoms with van der Waals surface area (Å²) in [5, 5.41) is 13.2. The summed E-state index contributed by atoms with van der Waals surface area (Å²) in [5.74, 6) is 2.74. The molecule has 3 aliphatic carbocycles. The highest BCUT2D eigenvalue weighted by Gasteiger charge is 2.41. The number of ether oxygens (including phenoxy) is 1. The first-order valence-corrected chi connectivity index (χ1v) is 26.4. The number of anilines is 2. The monoisotopic (exact) mass is 976 g/mol. The number of pyridine rings is 1. The summed E-state index contributed by atoms with van der Waals surface area (Å²) >= 11 is 0. The van der Waals surface area contributed by atoms with E-state index in [0.29, 0.717) is 0 Å². The highest BCUT2D eigenvalue weighted by molar-refractivity contribution is 6.21. The summed E-state index contributed by atoms with van der Waals surface area (Å²) in [5.41, 5.74) is 18.1. The number of aromatic amines is 1. The van der Waals surface area contributed by atoms with Crippen molar-refractivity contribution in [2.45, 2.75) is 38.0 Å². The summed E-state index contributed by atoms with van der Waals surface area (Å²) in [7, 11) is 0. The first kappa shape index (κ1) is 44.1. The fourth-order valence-corrected chi connectivity index (χ4v) is 12.7. The number of aromatic nitrogens is 3. The lowest BCUT2D eigenvalue weighted by atomic mass is 9.61. The second-order valence-electron chi connectivity index (χ2n) is 21.6. The number of fused-ring (bicyclic) bond motifs is 10. The Hall–Kier alpha value is -9.45. The average Bonchev–Trinajstić information content (AvgIpc) is 3.93. The Balaban J connectivity index is 0.878. The van der Waals surface area contributed by atoms with Crippen LogP contribution in [0.2, 0.25) is 0 Å². The molecule has 0 saturated carbocycles. The van der Waals surface area contributed by atoms with E-state index >= 15 is 0 Å². The standard InChI is InChI=1S/C71H52N4O/c1-71(2,3)44-37-38-72-66(40-44)75-64-32-13-12-23-53(64)54-36-34-47(42-65(54)75)76-46-18-14-17-45(41-46)73-63-31-16-30-61-52-22-7-5-20-50(52)49-19-4-6-21-51(49)60-29-15-28-48(69(60)74-70(61)63)43-33-35-59-62(39-43)68-57-26-10-8-24-55(57)67(59)56-25-9-11-27-58(56)68/h4-42,67-68,73-74H,1-3H3. The fourth-order valence-electron chi connectivity index (χ4n) is 12.7. The van der Waals surface area contributed by atoms with E-state index in [1.165, 1.54) is 66.1 Å². The zero-order valence-electron chi connectivity index (χ0n) is 42.5. The van der Waals surface area contributed by atoms with Crippen molar-refractivity contribution in [2.24, 2.45) is 0 Å². The summed E-state index contributed by atoms with van der Waals surface area (Å²) in [6.45, 7) is 6.72. The van der Waals surface area contributed by atoms with E-state index in [-0.39, 0.29) is 17.3 Å². The lowest BCUT2D eigenvalue weighted by Gasteiger charge is -2.42. The zero-order valence-corrected chi connectivity index (χ0v) is 42.5. The number of hydrogen-bond donors (Lipinski definition) is 2. The van der Waals surface area contributed by atoms with Gasteiger partial charge in [-0.05, 0) is 126 Å². The van der Waals surface area contributed by atoms with E-state index < -0.39 is 0 Å². The normalized spacial score (nSPS) is 14.5. The molecule has 13 aromatic rings. The van der Waals surface area contributed by atoms with Gasteiger partial charge in [0.15, 0.2) is 0 Å². The third-order valence-corrected chi connectivity index (χ3v) is 16.2. The topological polar surface area (TPSA) is 54.9 Å². The molecule has 5 heteroatoms. The molecule has 0 amide bonds. The molecule has 0 spiro atoms. The van der Waals surface area contributed by atoms with Crippen molar-refractivity contribution in [1.82, 2.24) is 14.5 Å². The first-order chi connectivity index (χ1) is 37.3. The van der Waals surface area contributed by atoms with Gasteiger partial charge in [0.05, 0.1) is 27.8 Å². The molecule has 0 aliphatic heterocycles. The van der Waals surface area contributed by atoms with Gasteiger partial charge in [-0.1, -0.05) is 185 Å². The molecule has 2 bridgehead atoms. The van der Waals surface area contributed by atoms with Gasteiger partial charge in [0, 0.05) is 63.0 Å². The number of nitrogens with zero attached hydrogens (tertiary/aromatic N) is 2. The van der Waals surface area contributed by atoms with E-state index in [1.54, 1.807) is 0 Å². The van der Waals surface area contributed by atoms with Crippen molar-refractivity contribution in [1.29, 1.82) is 0 Å². The molecule has 5 nitrogen and oxygen atoms in total. The zero-order chi connectivity index (χ0) is 50.6. The van der Waals surface area contributed by atoms with Crippen molar-refractivity contribution in [3.8, 4) is 28.4 Å². The summed E-state index contributed by atoms with van der Waals surface area (Å²) < 4.78 is 9.06. The maximum absolute atomic E-state index is 6.80. The Morgan fingerprint density at radius 2 is 0.987 bits per heavy atom. The van der Waals surface area contributed by atoms with Gasteiger partial charge in [0.25, 0.3) is 0 Å². The van der Waals surface area contributed by atoms with Gasteiger partial charge in [0.2, 0.25) is 0 Å². The van der Waals surface area contributed by atoms with Crippen molar-refractivity contribution < 1.29 is 4.74 Å². The van der Waals surface area contributed by atoms with Crippen LogP contribution < -0.4 is 10.1 Å². The second-order valence-corrected chi connectivity index (χ2v) is 21.6. The first-order valence-electron chi connectivity index (χ1n) is 26.4. The SMILES string of the molecule is CC(C)(C)c1ccnc(-n2c3ccccc3c3ccc(Oc4cccc(Nc5cccc6c5[nH]c5c(-c7ccc8c(c7)C7c9ccccc9C8c8ccccc87)cccc5c5ccccc5c5ccccc65)c4)cc32)c1. The van der Waals surface area contributed by atoms with Crippen LogP contribution in [0.25, 0.3) is 82.1 Å². The molecule has 0 radical (unpaired) electrons. The Kier molecular flexibility index (Phi) is 9.89. The smallest absolute Gasteiger partial charge is 0.137 e. The quantitative estimate of drug-likeness (QED) is 0.175. The van der Waals surface area contributed by atoms with E-state index in [1.807, 2.05) is 12.3 Å². The highest BCUT2D eigenvalue weighted by Crippen LogP contribution is 2.56. The van der Waals surface area contributed by atoms with Crippen LogP contribution in [0.3, 0.4) is 0 Å². The minimum absolute atomic E-state index is 0.0228. The predicted octanol–water partition coefficient (Wildman–Crippen LogP) is 18.7. The van der Waals surface area contributed by atoms with E-state index in [9.17, 15) is 0 Å². The van der Waals surface area contributed by atoms with Gasteiger partial charge in [-0.15, -0.1) is 0 Å². The fraction of sp³-hybridized carbons (Fsp3) is 0.0845. The van der Waals surface area contributed by atoms with Crippen LogP contribution in [-0.4, -0.2) is 14.5 Å². The highest BCUT2D eigenvalue weighted by atomic mass is 16.5. The minimum atomic E-state index is -0.0228. The third-order valence-electron chi connectivity index (χ3n) is 16.2. The van der Waals surface area contributed by atoms with E-state index in [2.05, 4.69) is 260 Å². The van der Waals surface area contributed by atoms with E-state index in [4.69, 9.17) is 9.72 Å². The molecule has 3 aromatic heterocycles. The molecule has 3 heterocycles. The Bertz CT molecular complexity index is 4560. The van der Waals surface area contributed by atoms with Crippen LogP contribution in [0, 0.1) is 0 Å². The molecular formula is C71H52N4O. The molecule has 3 aliphatic rings. The number of benzene rings is 10. The summed E-state index contributed by atoms with van der Waals surface area (Å²) in [6.07, 6.45) is 1.92. The van der Waals surface area contributed by atoms with Gasteiger partial charge in [-0.2, -0.15) is 0 Å². The molecule has 0 saturated heterocycles. The van der Waals surface area contributed by atoms with Crippen molar-refractivity contribution in [3.63, 3.8) is 0 Å². The molecule has 2 N–H and O–H groups in total. The van der Waals surface area contributed by atoms with Gasteiger partial charge >= 0.3 is 0 Å². The largest absolute Gasteiger partial charge is 0.457 e. The van der Waals surface area contributed by atoms with Crippen LogP contribution >= 0.6 is 0 Å². The van der Waals surface area contributed by atoms with Crippen LogP contribution in [0.4, 0.5) is 11.4 Å².